The van der Waals surface area contributed by atoms with Gasteiger partial charge in [0.15, 0.2) is 12.3 Å². The largest absolute Gasteiger partial charge is 0.482 e. The number of nitrogens with one attached hydrogen (secondary N) is 2. The number of carbonyl (C=O) groups excluding carboxylic acids is 2. The molecule has 1 aliphatic rings. The number of carbonyl (C=O) groups is 2. The van der Waals surface area contributed by atoms with Crippen LogP contribution in [-0.2, 0) is 11.2 Å². The molecule has 0 spiro atoms. The van der Waals surface area contributed by atoms with Gasteiger partial charge in [-0.15, -0.1) is 5.10 Å². The van der Waals surface area contributed by atoms with Crippen molar-refractivity contribution in [1.82, 2.24) is 19.5 Å². The Morgan fingerprint density at radius 2 is 1.65 bits per heavy atom. The van der Waals surface area contributed by atoms with Crippen molar-refractivity contribution in [2.24, 2.45) is 0 Å². The molecule has 6 rings (SSSR count). The van der Waals surface area contributed by atoms with E-state index in [9.17, 15) is 31.5 Å². The number of halogens is 5. The number of rotatable bonds is 9. The molecule has 1 aliphatic heterocycles. The standard InChI is InChI=1S/C32H25F5N6O3/c33-23-7-1-19(2-8-23)13-29(44)38-25-9-3-20(4-10-25)22-6-12-28-40-31(41-43(28)15-22)39-26-11-5-21(30(45)42-16-24(34)17-42)14-27(26)46-18-32(35,36)37/h1-12,14-15,24H,13,16-18H2,(H,38,44)(H,39,41). The van der Waals surface area contributed by atoms with Gasteiger partial charge in [-0.25, -0.2) is 13.3 Å². The summed E-state index contributed by atoms with van der Waals surface area (Å²) in [5.41, 5.74) is 3.44. The van der Waals surface area contributed by atoms with Crippen molar-refractivity contribution in [2.75, 3.05) is 30.3 Å². The number of fused-ring (bicyclic) bond motifs is 1. The summed E-state index contributed by atoms with van der Waals surface area (Å²) >= 11 is 0. The Morgan fingerprint density at radius 1 is 0.935 bits per heavy atom. The van der Waals surface area contributed by atoms with E-state index in [1.54, 1.807) is 36.5 Å². The molecule has 2 amide bonds. The van der Waals surface area contributed by atoms with Crippen LogP contribution in [0.25, 0.3) is 16.8 Å². The van der Waals surface area contributed by atoms with Gasteiger partial charge >= 0.3 is 6.18 Å². The molecular weight excluding hydrogens is 611 g/mol. The van der Waals surface area contributed by atoms with Crippen molar-refractivity contribution in [1.29, 1.82) is 0 Å². The number of ether oxygens (including phenoxy) is 1. The Kier molecular flexibility index (Phi) is 8.26. The van der Waals surface area contributed by atoms with Crippen LogP contribution >= 0.6 is 0 Å². The van der Waals surface area contributed by atoms with Crippen LogP contribution in [0, 0.1) is 5.82 Å². The number of pyridine rings is 1. The maximum Gasteiger partial charge on any atom is 0.422 e. The highest BCUT2D eigenvalue weighted by Gasteiger charge is 2.32. The van der Waals surface area contributed by atoms with Crippen molar-refractivity contribution in [3.05, 3.63) is 102 Å². The van der Waals surface area contributed by atoms with E-state index in [1.165, 1.54) is 39.7 Å². The van der Waals surface area contributed by atoms with Crippen LogP contribution in [0.1, 0.15) is 15.9 Å². The van der Waals surface area contributed by atoms with Crippen LogP contribution in [0.3, 0.4) is 0 Å². The Labute approximate surface area is 258 Å². The predicted octanol–water partition coefficient (Wildman–Crippen LogP) is 6.20. The van der Waals surface area contributed by atoms with Crippen LogP contribution in [0.4, 0.5) is 39.3 Å². The van der Waals surface area contributed by atoms with E-state index in [4.69, 9.17) is 4.74 Å². The smallest absolute Gasteiger partial charge is 0.422 e. The third-order valence-electron chi connectivity index (χ3n) is 7.10. The van der Waals surface area contributed by atoms with E-state index >= 15 is 0 Å². The van der Waals surface area contributed by atoms with Crippen molar-refractivity contribution in [3.8, 4) is 16.9 Å². The molecule has 46 heavy (non-hydrogen) atoms. The van der Waals surface area contributed by atoms with E-state index in [0.29, 0.717) is 16.9 Å². The molecule has 2 aromatic heterocycles. The highest BCUT2D eigenvalue weighted by Crippen LogP contribution is 2.31. The Bertz CT molecular complexity index is 1890. The summed E-state index contributed by atoms with van der Waals surface area (Å²) in [4.78, 5) is 30.6. The number of likely N-dealkylation sites (tertiary alicyclic amines) is 1. The second kappa shape index (κ2) is 12.5. The normalized spacial score (nSPS) is 13.4. The first-order valence-corrected chi connectivity index (χ1v) is 14.0. The first kappa shape index (κ1) is 30.5. The number of hydrogen-bond acceptors (Lipinski definition) is 6. The summed E-state index contributed by atoms with van der Waals surface area (Å²) in [7, 11) is 0. The third kappa shape index (κ3) is 7.22. The summed E-state index contributed by atoms with van der Waals surface area (Å²) in [6, 6.07) is 20.3. The second-order valence-electron chi connectivity index (χ2n) is 10.6. The van der Waals surface area contributed by atoms with Crippen molar-refractivity contribution in [2.45, 2.75) is 18.8 Å². The van der Waals surface area contributed by atoms with Gasteiger partial charge in [0.2, 0.25) is 11.9 Å². The van der Waals surface area contributed by atoms with Gasteiger partial charge in [0.25, 0.3) is 5.91 Å². The summed E-state index contributed by atoms with van der Waals surface area (Å²) in [6.45, 7) is -1.75. The number of amides is 2. The van der Waals surface area contributed by atoms with E-state index in [-0.39, 0.29) is 54.2 Å². The zero-order valence-corrected chi connectivity index (χ0v) is 23.9. The molecule has 1 fully saturated rings. The maximum absolute atomic E-state index is 13.2. The molecule has 3 heterocycles. The maximum atomic E-state index is 13.2. The van der Waals surface area contributed by atoms with E-state index in [1.807, 2.05) is 18.2 Å². The number of alkyl halides is 4. The molecule has 3 aromatic carbocycles. The van der Waals surface area contributed by atoms with Crippen LogP contribution < -0.4 is 15.4 Å². The van der Waals surface area contributed by atoms with Crippen LogP contribution in [-0.4, -0.2) is 63.4 Å². The van der Waals surface area contributed by atoms with Gasteiger partial charge < -0.3 is 20.3 Å². The molecule has 0 radical (unpaired) electrons. The second-order valence-corrected chi connectivity index (χ2v) is 10.6. The minimum Gasteiger partial charge on any atom is -0.482 e. The van der Waals surface area contributed by atoms with Gasteiger partial charge in [0, 0.05) is 23.0 Å². The van der Waals surface area contributed by atoms with Gasteiger partial charge in [-0.05, 0) is 65.7 Å². The average Bonchev–Trinajstić information content (AvgIpc) is 3.41. The fourth-order valence-electron chi connectivity index (χ4n) is 4.78. The summed E-state index contributed by atoms with van der Waals surface area (Å²) in [6.07, 6.45) is -3.94. The lowest BCUT2D eigenvalue weighted by Crippen LogP contribution is -2.51. The zero-order valence-electron chi connectivity index (χ0n) is 23.9. The molecule has 0 unspecified atom stereocenters. The van der Waals surface area contributed by atoms with Gasteiger partial charge in [-0.3, -0.25) is 9.59 Å². The first-order chi connectivity index (χ1) is 22.0. The number of anilines is 3. The fourth-order valence-corrected chi connectivity index (χ4v) is 4.78. The lowest BCUT2D eigenvalue weighted by Gasteiger charge is -2.34. The highest BCUT2D eigenvalue weighted by atomic mass is 19.4. The number of aromatic nitrogens is 3. The lowest BCUT2D eigenvalue weighted by molar-refractivity contribution is -0.153. The van der Waals surface area contributed by atoms with E-state index < -0.39 is 24.9 Å². The molecule has 9 nitrogen and oxygen atoms in total. The SMILES string of the molecule is O=C(Cc1ccc(F)cc1)Nc1ccc(-c2ccc3nc(Nc4ccc(C(=O)N5CC(F)C5)cc4OCC(F)(F)F)nn3c2)cc1. The molecule has 0 aliphatic carbocycles. The Morgan fingerprint density at radius 3 is 2.35 bits per heavy atom. The monoisotopic (exact) mass is 636 g/mol. The quantitative estimate of drug-likeness (QED) is 0.187. The molecule has 0 bridgehead atoms. The van der Waals surface area contributed by atoms with Crippen LogP contribution in [0.2, 0.25) is 0 Å². The minimum absolute atomic E-state index is 0.0562. The lowest BCUT2D eigenvalue weighted by atomic mass is 10.1. The van der Waals surface area contributed by atoms with Crippen LogP contribution in [0.5, 0.6) is 5.75 Å². The molecule has 5 aromatic rings. The summed E-state index contributed by atoms with van der Waals surface area (Å²) in [5, 5.41) is 10.0. The van der Waals surface area contributed by atoms with Crippen LogP contribution in [0.15, 0.2) is 85.1 Å². The van der Waals surface area contributed by atoms with Crippen molar-refractivity contribution < 1.29 is 36.3 Å². The molecule has 2 N–H and O–H groups in total. The Hall–Kier alpha value is -5.53. The number of benzene rings is 3. The molecule has 236 valence electrons. The van der Waals surface area contributed by atoms with Gasteiger partial charge in [0.05, 0.1) is 25.2 Å². The van der Waals surface area contributed by atoms with Crippen molar-refractivity contribution >= 4 is 34.8 Å². The molecule has 1 saturated heterocycles. The van der Waals surface area contributed by atoms with Gasteiger partial charge in [-0.1, -0.05) is 24.3 Å². The zero-order chi connectivity index (χ0) is 32.4. The highest BCUT2D eigenvalue weighted by molar-refractivity contribution is 5.96. The topological polar surface area (TPSA) is 101 Å². The van der Waals surface area contributed by atoms with E-state index in [0.717, 1.165) is 11.1 Å². The molecule has 14 heteroatoms. The first-order valence-electron chi connectivity index (χ1n) is 14.0. The molecule has 0 saturated carbocycles. The van der Waals surface area contributed by atoms with E-state index in [2.05, 4.69) is 20.7 Å². The minimum atomic E-state index is -4.62. The number of nitrogens with zero attached hydrogens (tertiary/aromatic N) is 4. The third-order valence-corrected chi connectivity index (χ3v) is 7.10. The fraction of sp³-hybridized carbons (Fsp3) is 0.188. The average molecular weight is 637 g/mol. The van der Waals surface area contributed by atoms with Gasteiger partial charge in [0.1, 0.15) is 17.7 Å². The summed E-state index contributed by atoms with van der Waals surface area (Å²) < 4.78 is 71.7. The summed E-state index contributed by atoms with van der Waals surface area (Å²) in [5.74, 6) is -1.32. The Balaban J connectivity index is 1.16. The predicted molar refractivity (Wildman–Crippen MR) is 159 cm³/mol. The molecule has 0 atom stereocenters. The van der Waals surface area contributed by atoms with Crippen molar-refractivity contribution in [3.63, 3.8) is 0 Å². The molecular formula is C32H25F5N6O3. The number of hydrogen-bond donors (Lipinski definition) is 2. The van der Waals surface area contributed by atoms with Gasteiger partial charge in [-0.2, -0.15) is 18.2 Å².